The summed E-state index contributed by atoms with van der Waals surface area (Å²) in [6.45, 7) is 3.95. The Bertz CT molecular complexity index is 653. The van der Waals surface area contributed by atoms with Gasteiger partial charge in [-0.1, -0.05) is 37.0 Å². The third-order valence-electron chi connectivity index (χ3n) is 2.54. The summed E-state index contributed by atoms with van der Waals surface area (Å²) in [5, 5.41) is 3.91. The standard InChI is InChI=1S/C13H13Cl2N3O/c1-7(2)11-6-12(19)18-13(17-11)16-8-3-4-9(14)10(15)5-8/h3-7H,1-2H3,(H2,16,17,18,19). The van der Waals surface area contributed by atoms with E-state index in [2.05, 4.69) is 15.3 Å². The van der Waals surface area contributed by atoms with Gasteiger partial charge in [-0.3, -0.25) is 9.78 Å². The maximum atomic E-state index is 11.5. The lowest BCUT2D eigenvalue weighted by atomic mass is 10.1. The Morgan fingerprint density at radius 3 is 2.58 bits per heavy atom. The molecule has 0 bridgehead atoms. The highest BCUT2D eigenvalue weighted by molar-refractivity contribution is 6.42. The molecule has 0 atom stereocenters. The first-order valence-electron chi connectivity index (χ1n) is 5.79. The molecule has 0 saturated heterocycles. The zero-order valence-corrected chi connectivity index (χ0v) is 12.0. The Morgan fingerprint density at radius 1 is 1.21 bits per heavy atom. The van der Waals surface area contributed by atoms with Crippen LogP contribution in [0, 0.1) is 0 Å². The van der Waals surface area contributed by atoms with Gasteiger partial charge < -0.3 is 5.32 Å². The van der Waals surface area contributed by atoms with Crippen LogP contribution in [0.2, 0.25) is 10.0 Å². The highest BCUT2D eigenvalue weighted by Crippen LogP contribution is 2.26. The van der Waals surface area contributed by atoms with Crippen molar-refractivity contribution in [3.05, 3.63) is 50.4 Å². The van der Waals surface area contributed by atoms with Crippen molar-refractivity contribution in [2.24, 2.45) is 0 Å². The van der Waals surface area contributed by atoms with Crippen molar-refractivity contribution >= 4 is 34.8 Å². The number of aromatic amines is 1. The molecule has 1 heterocycles. The lowest BCUT2D eigenvalue weighted by molar-refractivity contribution is 0.812. The summed E-state index contributed by atoms with van der Waals surface area (Å²) in [5.41, 5.74) is 1.24. The molecule has 19 heavy (non-hydrogen) atoms. The smallest absolute Gasteiger partial charge is 0.252 e. The number of anilines is 2. The average Bonchev–Trinajstić information content (AvgIpc) is 2.33. The van der Waals surface area contributed by atoms with Crippen molar-refractivity contribution in [3.63, 3.8) is 0 Å². The summed E-state index contributed by atoms with van der Waals surface area (Å²) in [6, 6.07) is 6.60. The predicted molar refractivity (Wildman–Crippen MR) is 78.7 cm³/mol. The van der Waals surface area contributed by atoms with E-state index in [1.54, 1.807) is 18.2 Å². The Labute approximate surface area is 120 Å². The number of rotatable bonds is 3. The van der Waals surface area contributed by atoms with E-state index in [1.165, 1.54) is 6.07 Å². The van der Waals surface area contributed by atoms with Crippen LogP contribution in [0.4, 0.5) is 11.6 Å². The lowest BCUT2D eigenvalue weighted by Crippen LogP contribution is -2.12. The fourth-order valence-corrected chi connectivity index (χ4v) is 1.84. The molecule has 0 aliphatic carbocycles. The first kappa shape index (κ1) is 13.9. The molecule has 0 fully saturated rings. The number of halogens is 2. The van der Waals surface area contributed by atoms with Gasteiger partial charge in [0.1, 0.15) is 0 Å². The van der Waals surface area contributed by atoms with E-state index in [9.17, 15) is 4.79 Å². The minimum absolute atomic E-state index is 0.177. The van der Waals surface area contributed by atoms with E-state index >= 15 is 0 Å². The van der Waals surface area contributed by atoms with Crippen LogP contribution in [0.25, 0.3) is 0 Å². The molecule has 6 heteroatoms. The molecule has 0 unspecified atom stereocenters. The summed E-state index contributed by atoms with van der Waals surface area (Å²) in [6.07, 6.45) is 0. The Morgan fingerprint density at radius 2 is 1.95 bits per heavy atom. The summed E-state index contributed by atoms with van der Waals surface area (Å²) in [7, 11) is 0. The van der Waals surface area contributed by atoms with Crippen LogP contribution in [-0.2, 0) is 0 Å². The van der Waals surface area contributed by atoms with Crippen molar-refractivity contribution in [1.29, 1.82) is 0 Å². The minimum atomic E-state index is -0.193. The molecule has 1 aromatic heterocycles. The van der Waals surface area contributed by atoms with Crippen LogP contribution in [0.5, 0.6) is 0 Å². The van der Waals surface area contributed by atoms with Crippen molar-refractivity contribution < 1.29 is 0 Å². The molecule has 4 nitrogen and oxygen atoms in total. The summed E-state index contributed by atoms with van der Waals surface area (Å²) < 4.78 is 0. The number of H-pyrrole nitrogens is 1. The lowest BCUT2D eigenvalue weighted by Gasteiger charge is -2.09. The second-order valence-corrected chi connectivity index (χ2v) is 5.24. The molecule has 2 aromatic rings. The van der Waals surface area contributed by atoms with E-state index in [1.807, 2.05) is 13.8 Å². The first-order chi connectivity index (χ1) is 8.95. The van der Waals surface area contributed by atoms with E-state index in [4.69, 9.17) is 23.2 Å². The Hall–Kier alpha value is -1.52. The number of nitrogens with zero attached hydrogens (tertiary/aromatic N) is 1. The van der Waals surface area contributed by atoms with Gasteiger partial charge in [0.25, 0.3) is 5.56 Å². The maximum Gasteiger partial charge on any atom is 0.252 e. The number of benzene rings is 1. The molecule has 0 amide bonds. The van der Waals surface area contributed by atoms with Crippen molar-refractivity contribution in [2.45, 2.75) is 19.8 Å². The molecule has 2 rings (SSSR count). The SMILES string of the molecule is CC(C)c1cc(=O)[nH]c(Nc2ccc(Cl)c(Cl)c2)n1. The summed E-state index contributed by atoms with van der Waals surface area (Å²) in [5.74, 6) is 0.561. The van der Waals surface area contributed by atoms with Crippen LogP contribution >= 0.6 is 23.2 Å². The van der Waals surface area contributed by atoms with Crippen LogP contribution in [0.3, 0.4) is 0 Å². The highest BCUT2D eigenvalue weighted by atomic mass is 35.5. The van der Waals surface area contributed by atoms with E-state index in [0.717, 1.165) is 5.69 Å². The van der Waals surface area contributed by atoms with Gasteiger partial charge in [-0.15, -0.1) is 0 Å². The molecule has 0 saturated carbocycles. The zero-order chi connectivity index (χ0) is 14.0. The molecule has 2 N–H and O–H groups in total. The van der Waals surface area contributed by atoms with Gasteiger partial charge in [-0.05, 0) is 24.1 Å². The number of hydrogen-bond acceptors (Lipinski definition) is 3. The quantitative estimate of drug-likeness (QED) is 0.902. The topological polar surface area (TPSA) is 57.8 Å². The Balaban J connectivity index is 2.32. The fraction of sp³-hybridized carbons (Fsp3) is 0.231. The van der Waals surface area contributed by atoms with Crippen LogP contribution in [0.15, 0.2) is 29.1 Å². The van der Waals surface area contributed by atoms with Gasteiger partial charge in [-0.25, -0.2) is 4.98 Å². The normalized spacial score (nSPS) is 10.8. The van der Waals surface area contributed by atoms with Crippen molar-refractivity contribution in [1.82, 2.24) is 9.97 Å². The maximum absolute atomic E-state index is 11.5. The van der Waals surface area contributed by atoms with E-state index in [0.29, 0.717) is 21.7 Å². The molecular weight excluding hydrogens is 285 g/mol. The van der Waals surface area contributed by atoms with Gasteiger partial charge in [0.05, 0.1) is 15.7 Å². The van der Waals surface area contributed by atoms with Gasteiger partial charge >= 0.3 is 0 Å². The molecule has 0 spiro atoms. The monoisotopic (exact) mass is 297 g/mol. The third-order valence-corrected chi connectivity index (χ3v) is 3.27. The number of aromatic nitrogens is 2. The van der Waals surface area contributed by atoms with Gasteiger partial charge in [0, 0.05) is 11.8 Å². The Kier molecular flexibility index (Phi) is 4.12. The fourth-order valence-electron chi connectivity index (χ4n) is 1.54. The van der Waals surface area contributed by atoms with Crippen molar-refractivity contribution in [2.75, 3.05) is 5.32 Å². The van der Waals surface area contributed by atoms with Gasteiger partial charge in [0.15, 0.2) is 0 Å². The van der Waals surface area contributed by atoms with Crippen LogP contribution < -0.4 is 10.9 Å². The van der Waals surface area contributed by atoms with Gasteiger partial charge in [0.2, 0.25) is 5.95 Å². The second kappa shape index (κ2) is 5.63. The largest absolute Gasteiger partial charge is 0.326 e. The predicted octanol–water partition coefficient (Wildman–Crippen LogP) is 3.94. The second-order valence-electron chi connectivity index (χ2n) is 4.43. The van der Waals surface area contributed by atoms with Crippen LogP contribution in [-0.4, -0.2) is 9.97 Å². The zero-order valence-electron chi connectivity index (χ0n) is 10.5. The highest BCUT2D eigenvalue weighted by Gasteiger charge is 2.06. The third kappa shape index (κ3) is 3.49. The van der Waals surface area contributed by atoms with E-state index in [-0.39, 0.29) is 11.5 Å². The molecule has 0 radical (unpaired) electrons. The van der Waals surface area contributed by atoms with E-state index < -0.39 is 0 Å². The molecule has 100 valence electrons. The molecular formula is C13H13Cl2N3O. The van der Waals surface area contributed by atoms with Gasteiger partial charge in [-0.2, -0.15) is 0 Å². The number of nitrogens with one attached hydrogen (secondary N) is 2. The minimum Gasteiger partial charge on any atom is -0.326 e. The first-order valence-corrected chi connectivity index (χ1v) is 6.54. The van der Waals surface area contributed by atoms with Crippen molar-refractivity contribution in [3.8, 4) is 0 Å². The molecule has 0 aliphatic rings. The van der Waals surface area contributed by atoms with Crippen LogP contribution in [0.1, 0.15) is 25.5 Å². The summed E-state index contributed by atoms with van der Waals surface area (Å²) in [4.78, 5) is 18.5. The average molecular weight is 298 g/mol. The number of hydrogen-bond donors (Lipinski definition) is 2. The summed E-state index contributed by atoms with van der Waals surface area (Å²) >= 11 is 11.8. The molecule has 0 aliphatic heterocycles. The molecule has 1 aromatic carbocycles.